The van der Waals surface area contributed by atoms with E-state index in [1.807, 2.05) is 27.7 Å². The Labute approximate surface area is 277 Å². The number of nitrogens with zero attached hydrogens (tertiary/aromatic N) is 4. The molecule has 0 saturated heterocycles. The smallest absolute Gasteiger partial charge is 0.408 e. The lowest BCUT2D eigenvalue weighted by molar-refractivity contribution is -0.119. The van der Waals surface area contributed by atoms with Crippen molar-refractivity contribution in [3.8, 4) is 0 Å². The van der Waals surface area contributed by atoms with Crippen LogP contribution in [0.4, 0.5) is 19.9 Å². The summed E-state index contributed by atoms with van der Waals surface area (Å²) in [6.45, 7) is 17.9. The predicted molar refractivity (Wildman–Crippen MR) is 178 cm³/mol. The number of nitrogens with one attached hydrogen (secondary N) is 4. The second-order valence-corrected chi connectivity index (χ2v) is 16.2. The molecule has 0 aliphatic rings. The number of alkyl carbamates (subject to hydrolysis) is 2. The molecule has 2 aromatic rings. The van der Waals surface area contributed by atoms with Crippen LogP contribution in [0.1, 0.15) is 79.3 Å². The van der Waals surface area contributed by atoms with Gasteiger partial charge in [0.05, 0.1) is 0 Å². The molecule has 0 fully saturated rings. The van der Waals surface area contributed by atoms with Crippen molar-refractivity contribution in [2.24, 2.45) is 11.8 Å². The van der Waals surface area contributed by atoms with E-state index in [2.05, 4.69) is 41.7 Å². The number of rotatable bonds is 14. The summed E-state index contributed by atoms with van der Waals surface area (Å²) in [6.07, 6.45) is 0.0164. The molecule has 0 aromatic carbocycles. The fraction of sp³-hybridized carbons (Fsp3) is 0.714. The Hall–Kier alpha value is -3.05. The average molecular weight is 687 g/mol. The van der Waals surface area contributed by atoms with Gasteiger partial charge >= 0.3 is 12.2 Å². The number of carbonyl (C=O) groups excluding carboxylic acids is 4. The summed E-state index contributed by atoms with van der Waals surface area (Å²) in [5.74, 6) is 0.456. The highest BCUT2D eigenvalue weighted by Gasteiger charge is 2.29. The molecule has 0 aliphatic heterocycles. The van der Waals surface area contributed by atoms with Gasteiger partial charge < -0.3 is 20.1 Å². The molecule has 2 aromatic heterocycles. The van der Waals surface area contributed by atoms with Crippen molar-refractivity contribution >= 4 is 68.7 Å². The summed E-state index contributed by atoms with van der Waals surface area (Å²) in [5.41, 5.74) is -1.35. The molecule has 2 atom stereocenters. The molecule has 4 amide bonds. The first-order valence-corrected chi connectivity index (χ1v) is 17.4. The average Bonchev–Trinajstić information content (AvgIpc) is 3.52. The molecule has 45 heavy (non-hydrogen) atoms. The summed E-state index contributed by atoms with van der Waals surface area (Å²) in [4.78, 5) is 50.0. The van der Waals surface area contributed by atoms with Gasteiger partial charge in [0.1, 0.15) is 33.3 Å². The van der Waals surface area contributed by atoms with Gasteiger partial charge in [0.15, 0.2) is 0 Å². The standard InChI is InChI=1S/C28H46N8O6S3/c1-15(2)19(29-25(39)41-27(5,6)7)21(37)31-23-35-33-17(44-23)11-13-43-14-12-18-34-36-24(45-18)32-22(38)20(16(3)4)30-26(40)42-28(8,9)10/h15-16,19-20H,11-14H2,1-10H3,(H,29,39)(H,30,40)(H,31,35,37)(H,32,36,38)/t19-,20+. The lowest BCUT2D eigenvalue weighted by Crippen LogP contribution is -2.48. The maximum atomic E-state index is 12.8. The van der Waals surface area contributed by atoms with Crippen molar-refractivity contribution in [3.05, 3.63) is 10.0 Å². The van der Waals surface area contributed by atoms with Crippen molar-refractivity contribution < 1.29 is 28.7 Å². The summed E-state index contributed by atoms with van der Waals surface area (Å²) < 4.78 is 10.5. The third kappa shape index (κ3) is 14.7. The van der Waals surface area contributed by atoms with E-state index < -0.39 is 35.5 Å². The topological polar surface area (TPSA) is 186 Å². The maximum absolute atomic E-state index is 12.8. The lowest BCUT2D eigenvalue weighted by atomic mass is 10.0. The monoisotopic (exact) mass is 686 g/mol. The normalized spacial score (nSPS) is 13.2. The first kappa shape index (κ1) is 38.1. The van der Waals surface area contributed by atoms with Crippen LogP contribution >= 0.6 is 34.4 Å². The van der Waals surface area contributed by atoms with Gasteiger partial charge in [-0.3, -0.25) is 20.2 Å². The second-order valence-electron chi connectivity index (χ2n) is 12.8. The zero-order valence-corrected chi connectivity index (χ0v) is 30.1. The maximum Gasteiger partial charge on any atom is 0.408 e. The van der Waals surface area contributed by atoms with E-state index in [1.54, 1.807) is 53.3 Å². The van der Waals surface area contributed by atoms with Crippen LogP contribution in [0, 0.1) is 11.8 Å². The number of hydrogen-bond donors (Lipinski definition) is 4. The molecule has 252 valence electrons. The number of carbonyl (C=O) groups is 4. The third-order valence-electron chi connectivity index (χ3n) is 5.56. The van der Waals surface area contributed by atoms with E-state index in [0.717, 1.165) is 21.5 Å². The zero-order valence-electron chi connectivity index (χ0n) is 27.6. The Morgan fingerprint density at radius 3 is 1.33 bits per heavy atom. The number of aromatic nitrogens is 4. The molecule has 0 spiro atoms. The van der Waals surface area contributed by atoms with Crippen LogP contribution in [0.15, 0.2) is 0 Å². The quantitative estimate of drug-likeness (QED) is 0.198. The SMILES string of the molecule is CC(C)[C@H](NC(=O)OC(C)(C)C)C(=O)Nc1nnc(CCSCCc2nnc(NC(=O)[C@H](NC(=O)OC(C)(C)C)C(C)C)s2)s1. The number of amides is 4. The molecule has 0 radical (unpaired) electrons. The van der Waals surface area contributed by atoms with Gasteiger partial charge in [0.25, 0.3) is 0 Å². The Morgan fingerprint density at radius 1 is 0.667 bits per heavy atom. The molecule has 2 heterocycles. The molecule has 4 N–H and O–H groups in total. The minimum absolute atomic E-state index is 0.167. The Bertz CT molecular complexity index is 1190. The minimum atomic E-state index is -0.789. The van der Waals surface area contributed by atoms with Crippen molar-refractivity contribution in [2.45, 2.75) is 105 Å². The summed E-state index contributed by atoms with van der Waals surface area (Å²) in [5, 5.41) is 29.5. The van der Waals surface area contributed by atoms with Gasteiger partial charge in [-0.2, -0.15) is 11.8 Å². The molecular formula is C28H46N8O6S3. The van der Waals surface area contributed by atoms with Gasteiger partial charge in [0.2, 0.25) is 22.1 Å². The van der Waals surface area contributed by atoms with E-state index in [0.29, 0.717) is 23.1 Å². The number of ether oxygens (including phenoxy) is 2. The fourth-order valence-corrected chi connectivity index (χ4v) is 6.16. The second kappa shape index (κ2) is 17.0. The van der Waals surface area contributed by atoms with Crippen molar-refractivity contribution in [3.63, 3.8) is 0 Å². The number of hydrogen-bond acceptors (Lipinski definition) is 13. The van der Waals surface area contributed by atoms with Crippen molar-refractivity contribution in [2.75, 3.05) is 22.1 Å². The van der Waals surface area contributed by atoms with Crippen LogP contribution in [0.5, 0.6) is 0 Å². The van der Waals surface area contributed by atoms with E-state index in [1.165, 1.54) is 22.7 Å². The fourth-order valence-electron chi connectivity index (χ4n) is 3.54. The van der Waals surface area contributed by atoms with E-state index in [4.69, 9.17) is 9.47 Å². The van der Waals surface area contributed by atoms with Crippen LogP contribution < -0.4 is 21.3 Å². The van der Waals surface area contributed by atoms with Gasteiger partial charge in [-0.15, -0.1) is 20.4 Å². The Kier molecular flexibility index (Phi) is 14.4. The first-order chi connectivity index (χ1) is 20.8. The molecule has 0 saturated carbocycles. The highest BCUT2D eigenvalue weighted by molar-refractivity contribution is 7.99. The summed E-state index contributed by atoms with van der Waals surface area (Å²) >= 11 is 4.28. The van der Waals surface area contributed by atoms with Gasteiger partial charge in [-0.05, 0) is 64.9 Å². The molecule has 17 heteroatoms. The molecule has 0 unspecified atom stereocenters. The zero-order chi connectivity index (χ0) is 33.9. The number of anilines is 2. The molecule has 0 aliphatic carbocycles. The van der Waals surface area contributed by atoms with Crippen LogP contribution in [0.25, 0.3) is 0 Å². The highest BCUT2D eigenvalue weighted by Crippen LogP contribution is 2.21. The van der Waals surface area contributed by atoms with Crippen LogP contribution in [0.3, 0.4) is 0 Å². The Morgan fingerprint density at radius 2 is 1.02 bits per heavy atom. The van der Waals surface area contributed by atoms with Crippen molar-refractivity contribution in [1.82, 2.24) is 31.0 Å². The molecule has 0 bridgehead atoms. The van der Waals surface area contributed by atoms with Gasteiger partial charge in [-0.1, -0.05) is 50.4 Å². The lowest BCUT2D eigenvalue weighted by Gasteiger charge is -2.24. The Balaban J connectivity index is 1.77. The van der Waals surface area contributed by atoms with Crippen molar-refractivity contribution in [1.29, 1.82) is 0 Å². The third-order valence-corrected chi connectivity index (χ3v) is 8.34. The van der Waals surface area contributed by atoms with Crippen LogP contribution in [-0.4, -0.2) is 79.2 Å². The van der Waals surface area contributed by atoms with E-state index in [-0.39, 0.29) is 23.7 Å². The van der Waals surface area contributed by atoms with Crippen LogP contribution in [0.2, 0.25) is 0 Å². The molecule has 14 nitrogen and oxygen atoms in total. The van der Waals surface area contributed by atoms with Gasteiger partial charge in [-0.25, -0.2) is 9.59 Å². The molecule has 2 rings (SSSR count). The van der Waals surface area contributed by atoms with Gasteiger partial charge in [0, 0.05) is 12.8 Å². The molecular weight excluding hydrogens is 641 g/mol. The number of aryl methyl sites for hydroxylation is 2. The summed E-state index contributed by atoms with van der Waals surface area (Å²) in [7, 11) is 0. The minimum Gasteiger partial charge on any atom is -0.444 e. The first-order valence-electron chi connectivity index (χ1n) is 14.7. The van der Waals surface area contributed by atoms with Crippen LogP contribution in [-0.2, 0) is 31.9 Å². The number of thioether (sulfide) groups is 1. The predicted octanol–water partition coefficient (Wildman–Crippen LogP) is 4.88. The largest absolute Gasteiger partial charge is 0.444 e. The van der Waals surface area contributed by atoms with E-state index >= 15 is 0 Å². The summed E-state index contributed by atoms with van der Waals surface area (Å²) in [6, 6.07) is -1.58. The highest BCUT2D eigenvalue weighted by atomic mass is 32.2. The van der Waals surface area contributed by atoms with E-state index in [9.17, 15) is 19.2 Å².